The van der Waals surface area contributed by atoms with Gasteiger partial charge in [0.2, 0.25) is 0 Å². The lowest BCUT2D eigenvalue weighted by Gasteiger charge is -2.03. The zero-order valence-corrected chi connectivity index (χ0v) is 17.9. The molecule has 0 saturated carbocycles. The van der Waals surface area contributed by atoms with Crippen molar-refractivity contribution in [2.45, 2.75) is 6.92 Å². The van der Waals surface area contributed by atoms with Gasteiger partial charge in [-0.05, 0) is 48.0 Å². The molecule has 0 N–H and O–H groups in total. The number of rotatable bonds is 4. The molecule has 5 aromatic rings. The lowest BCUT2D eigenvalue weighted by molar-refractivity contribution is 0.0951. The van der Waals surface area contributed by atoms with Crippen LogP contribution in [0.25, 0.3) is 30.2 Å². The van der Waals surface area contributed by atoms with E-state index in [0.29, 0.717) is 4.88 Å². The first kappa shape index (κ1) is 17.7. The van der Waals surface area contributed by atoms with Crippen LogP contribution in [-0.4, -0.2) is 20.7 Å². The highest BCUT2D eigenvalue weighted by atomic mass is 32.1. The molecule has 4 nitrogen and oxygen atoms in total. The average molecular weight is 440 g/mol. The summed E-state index contributed by atoms with van der Waals surface area (Å²) in [5.41, 5.74) is 1.70. The van der Waals surface area contributed by atoms with Gasteiger partial charge in [0.05, 0.1) is 32.2 Å². The van der Waals surface area contributed by atoms with Crippen molar-refractivity contribution in [3.63, 3.8) is 0 Å². The Hall–Kier alpha value is -2.39. The molecule has 0 unspecified atom stereocenters. The summed E-state index contributed by atoms with van der Waals surface area (Å²) >= 11 is 6.51. The van der Waals surface area contributed by atoms with Crippen LogP contribution in [0.4, 0.5) is 0 Å². The number of aromatic nitrogens is 3. The second-order valence-electron chi connectivity index (χ2n) is 5.99. The van der Waals surface area contributed by atoms with Crippen LogP contribution in [0.5, 0.6) is 0 Å². The van der Waals surface area contributed by atoms with Crippen molar-refractivity contribution in [2.24, 2.45) is 0 Å². The molecule has 5 heterocycles. The molecule has 0 aromatic carbocycles. The van der Waals surface area contributed by atoms with Gasteiger partial charge in [-0.25, -0.2) is 4.98 Å². The van der Waals surface area contributed by atoms with Crippen molar-refractivity contribution in [1.82, 2.24) is 14.8 Å². The maximum atomic E-state index is 12.8. The molecule has 28 heavy (non-hydrogen) atoms. The van der Waals surface area contributed by atoms with Crippen molar-refractivity contribution in [3.05, 3.63) is 70.0 Å². The van der Waals surface area contributed by atoms with Gasteiger partial charge in [0, 0.05) is 9.75 Å². The van der Waals surface area contributed by atoms with Crippen LogP contribution >= 0.6 is 45.3 Å². The summed E-state index contributed by atoms with van der Waals surface area (Å²) in [4.78, 5) is 22.9. The SMILES string of the molecule is Cc1nc(-c2ccc(-c3cccs3)s2)sc1-c1ccnn1C(=O)c1cccs1. The number of carbonyl (C=O) groups excluding carboxylic acids is 1. The van der Waals surface area contributed by atoms with Crippen LogP contribution in [0.15, 0.2) is 59.4 Å². The van der Waals surface area contributed by atoms with Crippen molar-refractivity contribution in [3.8, 4) is 30.2 Å². The second kappa shape index (κ2) is 7.21. The molecule has 8 heteroatoms. The smallest absolute Gasteiger partial charge is 0.266 e. The Bertz CT molecular complexity index is 1240. The fourth-order valence-corrected chi connectivity index (χ4v) is 6.51. The summed E-state index contributed by atoms with van der Waals surface area (Å²) in [6.07, 6.45) is 1.67. The molecule has 0 bridgehead atoms. The van der Waals surface area contributed by atoms with Crippen molar-refractivity contribution in [2.75, 3.05) is 0 Å². The third-order valence-electron chi connectivity index (χ3n) is 4.18. The highest BCUT2D eigenvalue weighted by molar-refractivity contribution is 7.26. The van der Waals surface area contributed by atoms with E-state index in [4.69, 9.17) is 4.98 Å². The molecule has 0 radical (unpaired) electrons. The summed E-state index contributed by atoms with van der Waals surface area (Å²) in [5, 5.41) is 9.22. The predicted molar refractivity (Wildman–Crippen MR) is 119 cm³/mol. The second-order valence-corrected chi connectivity index (χ2v) is 9.96. The number of thiazole rings is 1. The Balaban J connectivity index is 1.52. The van der Waals surface area contributed by atoms with E-state index >= 15 is 0 Å². The molecule has 0 atom stereocenters. The first-order valence-electron chi connectivity index (χ1n) is 8.45. The first-order valence-corrected chi connectivity index (χ1v) is 11.8. The van der Waals surface area contributed by atoms with E-state index in [1.807, 2.05) is 30.5 Å². The normalized spacial score (nSPS) is 11.2. The van der Waals surface area contributed by atoms with Gasteiger partial charge < -0.3 is 0 Å². The third kappa shape index (κ3) is 3.08. The van der Waals surface area contributed by atoms with E-state index in [1.165, 1.54) is 25.8 Å². The third-order valence-corrected chi connectivity index (χ3v) is 8.53. The summed E-state index contributed by atoms with van der Waals surface area (Å²) in [5.74, 6) is -0.111. The summed E-state index contributed by atoms with van der Waals surface area (Å²) in [7, 11) is 0. The van der Waals surface area contributed by atoms with Gasteiger partial charge in [0.1, 0.15) is 5.01 Å². The molecule has 0 amide bonds. The van der Waals surface area contributed by atoms with Crippen LogP contribution in [0.2, 0.25) is 0 Å². The average Bonchev–Trinajstić information content (AvgIpc) is 3.52. The van der Waals surface area contributed by atoms with Crippen LogP contribution < -0.4 is 0 Å². The van der Waals surface area contributed by atoms with E-state index in [0.717, 1.165) is 26.1 Å². The summed E-state index contributed by atoms with van der Waals surface area (Å²) in [6, 6.07) is 14.0. The van der Waals surface area contributed by atoms with E-state index < -0.39 is 0 Å². The van der Waals surface area contributed by atoms with Crippen molar-refractivity contribution >= 4 is 51.3 Å². The van der Waals surface area contributed by atoms with Gasteiger partial charge in [-0.3, -0.25) is 4.79 Å². The van der Waals surface area contributed by atoms with Crippen molar-refractivity contribution < 1.29 is 4.79 Å². The Morgan fingerprint density at radius 1 is 0.929 bits per heavy atom. The summed E-state index contributed by atoms with van der Waals surface area (Å²) < 4.78 is 1.47. The van der Waals surface area contributed by atoms with E-state index in [1.54, 1.807) is 40.2 Å². The number of carbonyl (C=O) groups is 1. The minimum Gasteiger partial charge on any atom is -0.266 e. The van der Waals surface area contributed by atoms with E-state index in [-0.39, 0.29) is 5.91 Å². The zero-order chi connectivity index (χ0) is 19.1. The number of thiophene rings is 3. The van der Waals surface area contributed by atoms with Gasteiger partial charge in [-0.2, -0.15) is 9.78 Å². The number of hydrogen-bond donors (Lipinski definition) is 0. The largest absolute Gasteiger partial charge is 0.288 e. The molecule has 5 aromatic heterocycles. The standard InChI is InChI=1S/C20H13N3OS4/c1-12-18(13-8-9-21-23(13)20(24)17-5-3-11-26-17)28-19(22-12)16-7-6-15(27-16)14-4-2-10-25-14/h2-11H,1H3. The summed E-state index contributed by atoms with van der Waals surface area (Å²) in [6.45, 7) is 1.98. The molecule has 0 spiro atoms. The van der Waals surface area contributed by atoms with Gasteiger partial charge in [-0.1, -0.05) is 12.1 Å². The van der Waals surface area contributed by atoms with Gasteiger partial charge >= 0.3 is 0 Å². The van der Waals surface area contributed by atoms with Crippen molar-refractivity contribution in [1.29, 1.82) is 0 Å². The molecule has 0 aliphatic heterocycles. The van der Waals surface area contributed by atoms with Gasteiger partial charge in [-0.15, -0.1) is 45.3 Å². The quantitative estimate of drug-likeness (QED) is 0.320. The van der Waals surface area contributed by atoms with Crippen LogP contribution in [-0.2, 0) is 0 Å². The highest BCUT2D eigenvalue weighted by Crippen LogP contribution is 2.41. The fraction of sp³-hybridized carbons (Fsp3) is 0.0500. The van der Waals surface area contributed by atoms with E-state index in [2.05, 4.69) is 34.7 Å². The maximum absolute atomic E-state index is 12.8. The number of hydrogen-bond acceptors (Lipinski definition) is 7. The molecule has 0 aliphatic carbocycles. The Kier molecular flexibility index (Phi) is 4.56. The lowest BCUT2D eigenvalue weighted by atomic mass is 10.3. The fourth-order valence-electron chi connectivity index (χ4n) is 2.89. The Labute approximate surface area is 177 Å². The van der Waals surface area contributed by atoms with E-state index in [9.17, 15) is 4.79 Å². The highest BCUT2D eigenvalue weighted by Gasteiger charge is 2.20. The number of aryl methyl sites for hydroxylation is 1. The lowest BCUT2D eigenvalue weighted by Crippen LogP contribution is -2.13. The molecular weight excluding hydrogens is 427 g/mol. The molecule has 0 fully saturated rings. The molecular formula is C20H13N3OS4. The Morgan fingerprint density at radius 2 is 1.75 bits per heavy atom. The minimum atomic E-state index is -0.111. The Morgan fingerprint density at radius 3 is 2.54 bits per heavy atom. The number of nitrogens with zero attached hydrogens (tertiary/aromatic N) is 3. The monoisotopic (exact) mass is 439 g/mol. The maximum Gasteiger partial charge on any atom is 0.288 e. The predicted octanol–water partition coefficient (Wildman–Crippen LogP) is 6.52. The molecule has 0 aliphatic rings. The van der Waals surface area contributed by atoms with Crippen LogP contribution in [0.1, 0.15) is 15.4 Å². The zero-order valence-electron chi connectivity index (χ0n) is 14.7. The van der Waals surface area contributed by atoms with Gasteiger partial charge in [0.15, 0.2) is 0 Å². The minimum absolute atomic E-state index is 0.111. The molecule has 138 valence electrons. The topological polar surface area (TPSA) is 47.8 Å². The van der Waals surface area contributed by atoms with Crippen LogP contribution in [0, 0.1) is 6.92 Å². The van der Waals surface area contributed by atoms with Crippen LogP contribution in [0.3, 0.4) is 0 Å². The first-order chi connectivity index (χ1) is 13.7. The van der Waals surface area contributed by atoms with Gasteiger partial charge in [0.25, 0.3) is 5.91 Å². The molecule has 5 rings (SSSR count). The molecule has 0 saturated heterocycles.